The summed E-state index contributed by atoms with van der Waals surface area (Å²) < 4.78 is 5.81. The molecule has 1 rings (SSSR count). The Morgan fingerprint density at radius 2 is 2.20 bits per heavy atom. The van der Waals surface area contributed by atoms with Crippen molar-refractivity contribution in [3.05, 3.63) is 42.5 Å². The molecule has 0 fully saturated rings. The van der Waals surface area contributed by atoms with Crippen LogP contribution in [0.15, 0.2) is 36.9 Å². The second-order valence-corrected chi connectivity index (χ2v) is 5.01. The maximum atomic E-state index is 5.81. The van der Waals surface area contributed by atoms with E-state index in [4.69, 9.17) is 4.74 Å². The number of rotatable bonds is 11. The first-order valence-electron chi connectivity index (χ1n) is 7.48. The third-order valence-corrected chi connectivity index (χ3v) is 3.17. The molecule has 0 unspecified atom stereocenters. The summed E-state index contributed by atoms with van der Waals surface area (Å²) in [5.74, 6) is 0.958. The second-order valence-electron chi connectivity index (χ2n) is 5.01. The maximum absolute atomic E-state index is 5.81. The lowest BCUT2D eigenvalue weighted by Gasteiger charge is -2.16. The van der Waals surface area contributed by atoms with Gasteiger partial charge in [0.1, 0.15) is 12.4 Å². The van der Waals surface area contributed by atoms with Gasteiger partial charge in [-0.05, 0) is 50.7 Å². The van der Waals surface area contributed by atoms with E-state index in [1.807, 2.05) is 12.1 Å². The molecule has 0 bridgehead atoms. The molecule has 0 atom stereocenters. The maximum Gasteiger partial charge on any atom is 0.119 e. The molecule has 0 amide bonds. The van der Waals surface area contributed by atoms with Crippen LogP contribution in [0.3, 0.4) is 0 Å². The number of hydrogen-bond acceptors (Lipinski definition) is 3. The Balaban J connectivity index is 2.25. The highest BCUT2D eigenvalue weighted by molar-refractivity contribution is 5.28. The number of ether oxygens (including phenoxy) is 1. The summed E-state index contributed by atoms with van der Waals surface area (Å²) in [6, 6.07) is 8.31. The van der Waals surface area contributed by atoms with Crippen LogP contribution in [0.25, 0.3) is 0 Å². The minimum absolute atomic E-state index is 0.731. The number of nitrogens with zero attached hydrogens (tertiary/aromatic N) is 1. The Hall–Kier alpha value is -1.32. The van der Waals surface area contributed by atoms with E-state index in [-0.39, 0.29) is 0 Å². The van der Waals surface area contributed by atoms with Gasteiger partial charge >= 0.3 is 0 Å². The van der Waals surface area contributed by atoms with Crippen LogP contribution in [0.4, 0.5) is 0 Å². The molecule has 3 nitrogen and oxygen atoms in total. The van der Waals surface area contributed by atoms with Gasteiger partial charge in [-0.15, -0.1) is 6.58 Å². The van der Waals surface area contributed by atoms with Crippen molar-refractivity contribution in [2.45, 2.75) is 26.3 Å². The second kappa shape index (κ2) is 10.5. The molecule has 3 heteroatoms. The van der Waals surface area contributed by atoms with Crippen molar-refractivity contribution >= 4 is 0 Å². The third-order valence-electron chi connectivity index (χ3n) is 3.17. The van der Waals surface area contributed by atoms with E-state index in [2.05, 4.69) is 49.0 Å². The SMILES string of the molecule is C=CCCCN(C)CCOc1cccc(CNCC)c1. The predicted octanol–water partition coefficient (Wildman–Crippen LogP) is 3.07. The van der Waals surface area contributed by atoms with E-state index < -0.39 is 0 Å². The van der Waals surface area contributed by atoms with Gasteiger partial charge in [0.25, 0.3) is 0 Å². The molecular formula is C17H28N2O. The topological polar surface area (TPSA) is 24.5 Å². The average Bonchev–Trinajstić information content (AvgIpc) is 2.46. The van der Waals surface area contributed by atoms with Gasteiger partial charge in [0, 0.05) is 13.1 Å². The molecule has 0 radical (unpaired) electrons. The largest absolute Gasteiger partial charge is 0.492 e. The number of hydrogen-bond donors (Lipinski definition) is 1. The number of allylic oxidation sites excluding steroid dienone is 1. The molecule has 0 heterocycles. The molecule has 1 aromatic carbocycles. The van der Waals surface area contributed by atoms with Gasteiger partial charge in [-0.3, -0.25) is 0 Å². The average molecular weight is 276 g/mol. The predicted molar refractivity (Wildman–Crippen MR) is 86.2 cm³/mol. The molecule has 112 valence electrons. The van der Waals surface area contributed by atoms with E-state index >= 15 is 0 Å². The Morgan fingerprint density at radius 3 is 2.95 bits per heavy atom. The minimum atomic E-state index is 0.731. The van der Waals surface area contributed by atoms with Crippen LogP contribution in [0.2, 0.25) is 0 Å². The van der Waals surface area contributed by atoms with E-state index in [9.17, 15) is 0 Å². The smallest absolute Gasteiger partial charge is 0.119 e. The minimum Gasteiger partial charge on any atom is -0.492 e. The van der Waals surface area contributed by atoms with Gasteiger partial charge < -0.3 is 15.0 Å². The number of nitrogens with one attached hydrogen (secondary N) is 1. The normalized spacial score (nSPS) is 10.8. The molecule has 0 aliphatic heterocycles. The van der Waals surface area contributed by atoms with Crippen molar-refractivity contribution in [2.24, 2.45) is 0 Å². The highest BCUT2D eigenvalue weighted by Gasteiger charge is 2.00. The molecule has 0 spiro atoms. The first kappa shape index (κ1) is 16.7. The molecule has 0 saturated carbocycles. The Morgan fingerprint density at radius 1 is 1.35 bits per heavy atom. The molecule has 1 N–H and O–H groups in total. The quantitative estimate of drug-likeness (QED) is 0.496. The monoisotopic (exact) mass is 276 g/mol. The molecule has 0 aliphatic carbocycles. The molecule has 0 aromatic heterocycles. The fourth-order valence-corrected chi connectivity index (χ4v) is 1.95. The zero-order chi connectivity index (χ0) is 14.6. The number of benzene rings is 1. The first-order chi connectivity index (χ1) is 9.76. The molecular weight excluding hydrogens is 248 g/mol. The summed E-state index contributed by atoms with van der Waals surface area (Å²) in [6.45, 7) is 10.5. The van der Waals surface area contributed by atoms with Gasteiger partial charge in [-0.2, -0.15) is 0 Å². The molecule has 0 aliphatic rings. The van der Waals surface area contributed by atoms with E-state index in [0.29, 0.717) is 0 Å². The molecule has 0 saturated heterocycles. The molecule has 1 aromatic rings. The van der Waals surface area contributed by atoms with E-state index in [1.54, 1.807) is 0 Å². The highest BCUT2D eigenvalue weighted by atomic mass is 16.5. The van der Waals surface area contributed by atoms with Crippen LogP contribution < -0.4 is 10.1 Å². The van der Waals surface area contributed by atoms with Crippen molar-refractivity contribution < 1.29 is 4.74 Å². The lowest BCUT2D eigenvalue weighted by Crippen LogP contribution is -2.25. The van der Waals surface area contributed by atoms with Crippen LogP contribution >= 0.6 is 0 Å². The first-order valence-corrected chi connectivity index (χ1v) is 7.48. The van der Waals surface area contributed by atoms with Gasteiger partial charge in [0.05, 0.1) is 0 Å². The fraction of sp³-hybridized carbons (Fsp3) is 0.529. The fourth-order valence-electron chi connectivity index (χ4n) is 1.95. The summed E-state index contributed by atoms with van der Waals surface area (Å²) in [5.41, 5.74) is 1.27. The summed E-state index contributed by atoms with van der Waals surface area (Å²) in [5, 5.41) is 3.32. The zero-order valence-electron chi connectivity index (χ0n) is 12.9. The van der Waals surface area contributed by atoms with Gasteiger partial charge in [0.15, 0.2) is 0 Å². The third kappa shape index (κ3) is 7.31. The Kier molecular flexibility index (Phi) is 8.76. The lowest BCUT2D eigenvalue weighted by molar-refractivity contribution is 0.236. The summed E-state index contributed by atoms with van der Waals surface area (Å²) in [4.78, 5) is 2.30. The van der Waals surface area contributed by atoms with Crippen LogP contribution in [0.1, 0.15) is 25.3 Å². The number of likely N-dealkylation sites (N-methyl/N-ethyl adjacent to an activating group) is 1. The summed E-state index contributed by atoms with van der Waals surface area (Å²) in [7, 11) is 2.13. The number of unbranched alkanes of at least 4 members (excludes halogenated alkanes) is 1. The van der Waals surface area contributed by atoms with Gasteiger partial charge in [-0.1, -0.05) is 25.1 Å². The lowest BCUT2D eigenvalue weighted by atomic mass is 10.2. The summed E-state index contributed by atoms with van der Waals surface area (Å²) in [6.07, 6.45) is 4.22. The van der Waals surface area contributed by atoms with E-state index in [0.717, 1.165) is 51.4 Å². The van der Waals surface area contributed by atoms with Crippen LogP contribution in [-0.4, -0.2) is 38.2 Å². The van der Waals surface area contributed by atoms with Crippen LogP contribution in [0, 0.1) is 0 Å². The van der Waals surface area contributed by atoms with Crippen molar-refractivity contribution in [3.8, 4) is 5.75 Å². The Bertz CT molecular complexity index is 379. The van der Waals surface area contributed by atoms with Crippen molar-refractivity contribution in [1.82, 2.24) is 10.2 Å². The van der Waals surface area contributed by atoms with E-state index in [1.165, 1.54) is 5.56 Å². The van der Waals surface area contributed by atoms with Crippen molar-refractivity contribution in [3.63, 3.8) is 0 Å². The standard InChI is InChI=1S/C17H28N2O/c1-4-6-7-11-19(3)12-13-20-17-10-8-9-16(14-17)15-18-5-2/h4,8-10,14,18H,1,5-7,11-13,15H2,2-3H3. The molecule has 20 heavy (non-hydrogen) atoms. The van der Waals surface area contributed by atoms with Crippen molar-refractivity contribution in [1.29, 1.82) is 0 Å². The summed E-state index contributed by atoms with van der Waals surface area (Å²) >= 11 is 0. The van der Waals surface area contributed by atoms with Gasteiger partial charge in [0.2, 0.25) is 0 Å². The zero-order valence-corrected chi connectivity index (χ0v) is 12.9. The Labute approximate surface area is 123 Å². The van der Waals surface area contributed by atoms with Crippen LogP contribution in [-0.2, 0) is 6.54 Å². The van der Waals surface area contributed by atoms with Crippen LogP contribution in [0.5, 0.6) is 5.75 Å². The van der Waals surface area contributed by atoms with Crippen molar-refractivity contribution in [2.75, 3.05) is 33.3 Å². The highest BCUT2D eigenvalue weighted by Crippen LogP contribution is 2.13. The van der Waals surface area contributed by atoms with Gasteiger partial charge in [-0.25, -0.2) is 0 Å².